The average molecular weight is 362 g/mol. The molecule has 2 aliphatic rings. The van der Waals surface area contributed by atoms with E-state index in [-0.39, 0.29) is 17.0 Å². The van der Waals surface area contributed by atoms with Crippen LogP contribution in [0.25, 0.3) is 0 Å². The molecule has 1 atom stereocenters. The summed E-state index contributed by atoms with van der Waals surface area (Å²) in [6.07, 6.45) is 1.87. The number of hydrogen-bond donors (Lipinski definition) is 2. The summed E-state index contributed by atoms with van der Waals surface area (Å²) in [5.41, 5.74) is 0.328. The summed E-state index contributed by atoms with van der Waals surface area (Å²) in [4.78, 5) is 46.3. The molecule has 0 radical (unpaired) electrons. The number of hydrogen-bond acceptors (Lipinski definition) is 6. The van der Waals surface area contributed by atoms with Crippen molar-refractivity contribution < 1.29 is 24.6 Å². The maximum atomic E-state index is 11.8. The third-order valence-corrected chi connectivity index (χ3v) is 5.37. The standard InChI is InChI=1S/C17H22N4O5/c1-10-7-12(14(23)24)19-16(18-10)20-5-3-17(4-6-20)8-13(15(25)26)21(9-17)11(2)22/h7,13H,3-6,8-9H2,1-2H3,(H,23,24)(H,25,26)/t13-/m0/s1. The molecule has 0 saturated carbocycles. The highest BCUT2D eigenvalue weighted by molar-refractivity contribution is 5.85. The van der Waals surface area contributed by atoms with Gasteiger partial charge in [-0.2, -0.15) is 0 Å². The molecule has 1 aromatic heterocycles. The summed E-state index contributed by atoms with van der Waals surface area (Å²) in [7, 11) is 0. The minimum atomic E-state index is -1.09. The number of carbonyl (C=O) groups excluding carboxylic acids is 1. The number of rotatable bonds is 3. The van der Waals surface area contributed by atoms with Crippen LogP contribution in [0.4, 0.5) is 5.95 Å². The van der Waals surface area contributed by atoms with Crippen molar-refractivity contribution in [1.82, 2.24) is 14.9 Å². The molecule has 0 aromatic carbocycles. The van der Waals surface area contributed by atoms with E-state index >= 15 is 0 Å². The lowest BCUT2D eigenvalue weighted by atomic mass is 9.76. The highest BCUT2D eigenvalue weighted by Crippen LogP contribution is 2.43. The Hall–Kier alpha value is -2.71. The molecule has 9 heteroatoms. The monoisotopic (exact) mass is 362 g/mol. The molecule has 140 valence electrons. The first-order chi connectivity index (χ1) is 12.2. The number of aliphatic carboxylic acids is 1. The first-order valence-corrected chi connectivity index (χ1v) is 8.55. The van der Waals surface area contributed by atoms with Gasteiger partial charge in [-0.3, -0.25) is 4.79 Å². The van der Waals surface area contributed by atoms with E-state index in [1.54, 1.807) is 6.92 Å². The summed E-state index contributed by atoms with van der Waals surface area (Å²) in [6.45, 7) is 4.77. The minimum absolute atomic E-state index is 0.0395. The van der Waals surface area contributed by atoms with Crippen molar-refractivity contribution in [3.63, 3.8) is 0 Å². The Morgan fingerprint density at radius 2 is 1.85 bits per heavy atom. The molecule has 26 heavy (non-hydrogen) atoms. The van der Waals surface area contributed by atoms with Crippen LogP contribution in [0.2, 0.25) is 0 Å². The number of aromatic carboxylic acids is 1. The molecule has 1 aromatic rings. The van der Waals surface area contributed by atoms with Gasteiger partial charge in [0.25, 0.3) is 0 Å². The number of aryl methyl sites for hydroxylation is 1. The van der Waals surface area contributed by atoms with Gasteiger partial charge in [-0.05, 0) is 37.7 Å². The summed E-state index contributed by atoms with van der Waals surface area (Å²) >= 11 is 0. The van der Waals surface area contributed by atoms with Crippen LogP contribution in [-0.2, 0) is 9.59 Å². The van der Waals surface area contributed by atoms with Gasteiger partial charge in [0.15, 0.2) is 5.69 Å². The lowest BCUT2D eigenvalue weighted by molar-refractivity contribution is -0.147. The maximum Gasteiger partial charge on any atom is 0.354 e. The third kappa shape index (κ3) is 3.33. The topological polar surface area (TPSA) is 124 Å². The van der Waals surface area contributed by atoms with Crippen LogP contribution in [-0.4, -0.2) is 68.6 Å². The molecule has 2 saturated heterocycles. The normalized spacial score (nSPS) is 21.8. The Bertz CT molecular complexity index is 734. The molecule has 2 N–H and O–H groups in total. The number of amides is 1. The fourth-order valence-corrected chi connectivity index (χ4v) is 3.96. The van der Waals surface area contributed by atoms with Crippen molar-refractivity contribution in [3.05, 3.63) is 17.5 Å². The SMILES string of the molecule is CC(=O)N1CC2(CCN(c3nc(C)cc(C(=O)O)n3)CC2)C[C@H]1C(=O)O. The predicted molar refractivity (Wildman–Crippen MR) is 91.0 cm³/mol. The zero-order valence-electron chi connectivity index (χ0n) is 14.8. The van der Waals surface area contributed by atoms with Crippen LogP contribution in [0, 0.1) is 12.3 Å². The number of carbonyl (C=O) groups is 3. The first kappa shape index (κ1) is 18.1. The van der Waals surface area contributed by atoms with Crippen LogP contribution in [0.1, 0.15) is 42.4 Å². The van der Waals surface area contributed by atoms with Crippen LogP contribution < -0.4 is 4.90 Å². The van der Waals surface area contributed by atoms with Crippen molar-refractivity contribution in [1.29, 1.82) is 0 Å². The Kier molecular flexibility index (Phi) is 4.55. The molecule has 0 bridgehead atoms. The van der Waals surface area contributed by atoms with Gasteiger partial charge < -0.3 is 20.0 Å². The number of carboxylic acid groups (broad SMARTS) is 2. The molecule has 9 nitrogen and oxygen atoms in total. The van der Waals surface area contributed by atoms with E-state index in [9.17, 15) is 19.5 Å². The predicted octanol–water partition coefficient (Wildman–Crippen LogP) is 0.775. The molecular weight excluding hydrogens is 340 g/mol. The summed E-state index contributed by atoms with van der Waals surface area (Å²) in [5.74, 6) is -1.90. The molecule has 1 amide bonds. The first-order valence-electron chi connectivity index (χ1n) is 8.55. The van der Waals surface area contributed by atoms with Crippen molar-refractivity contribution in [3.8, 4) is 0 Å². The van der Waals surface area contributed by atoms with Gasteiger partial charge in [0.05, 0.1) is 0 Å². The number of likely N-dealkylation sites (tertiary alicyclic amines) is 1. The molecule has 1 spiro atoms. The van der Waals surface area contributed by atoms with Gasteiger partial charge in [-0.15, -0.1) is 0 Å². The van der Waals surface area contributed by atoms with Gasteiger partial charge >= 0.3 is 11.9 Å². The fourth-order valence-electron chi connectivity index (χ4n) is 3.96. The molecule has 2 fully saturated rings. The van der Waals surface area contributed by atoms with Crippen LogP contribution in [0.15, 0.2) is 6.07 Å². The van der Waals surface area contributed by atoms with E-state index in [1.165, 1.54) is 17.9 Å². The van der Waals surface area contributed by atoms with Gasteiger partial charge in [-0.25, -0.2) is 19.6 Å². The zero-order valence-corrected chi connectivity index (χ0v) is 14.8. The highest BCUT2D eigenvalue weighted by Gasteiger charge is 2.49. The van der Waals surface area contributed by atoms with Crippen molar-refractivity contribution in [2.75, 3.05) is 24.5 Å². The van der Waals surface area contributed by atoms with Crippen molar-refractivity contribution in [2.45, 2.75) is 39.2 Å². The smallest absolute Gasteiger partial charge is 0.354 e. The van der Waals surface area contributed by atoms with E-state index in [4.69, 9.17) is 5.11 Å². The Balaban J connectivity index is 1.75. The summed E-state index contributed by atoms with van der Waals surface area (Å²) in [5, 5.41) is 18.6. The Labute approximate surface area is 150 Å². The van der Waals surface area contributed by atoms with Gasteiger partial charge in [0.1, 0.15) is 6.04 Å². The highest BCUT2D eigenvalue weighted by atomic mass is 16.4. The van der Waals surface area contributed by atoms with E-state index < -0.39 is 18.0 Å². The second-order valence-electron chi connectivity index (χ2n) is 7.19. The molecule has 2 aliphatic heterocycles. The van der Waals surface area contributed by atoms with E-state index in [0.29, 0.717) is 50.5 Å². The minimum Gasteiger partial charge on any atom is -0.480 e. The van der Waals surface area contributed by atoms with E-state index in [0.717, 1.165) is 0 Å². The number of carboxylic acids is 2. The molecule has 0 aliphatic carbocycles. The Morgan fingerprint density at radius 1 is 1.19 bits per heavy atom. The number of nitrogens with zero attached hydrogens (tertiary/aromatic N) is 4. The molecular formula is C17H22N4O5. The summed E-state index contributed by atoms with van der Waals surface area (Å²) < 4.78 is 0. The largest absolute Gasteiger partial charge is 0.480 e. The third-order valence-electron chi connectivity index (χ3n) is 5.37. The second-order valence-corrected chi connectivity index (χ2v) is 7.19. The van der Waals surface area contributed by atoms with E-state index in [1.807, 2.05) is 4.90 Å². The quantitative estimate of drug-likeness (QED) is 0.808. The van der Waals surface area contributed by atoms with Crippen molar-refractivity contribution >= 4 is 23.8 Å². The van der Waals surface area contributed by atoms with Gasteiger partial charge in [-0.1, -0.05) is 0 Å². The van der Waals surface area contributed by atoms with E-state index in [2.05, 4.69) is 9.97 Å². The second kappa shape index (κ2) is 6.54. The van der Waals surface area contributed by atoms with Crippen LogP contribution >= 0.6 is 0 Å². The lowest BCUT2D eigenvalue weighted by Gasteiger charge is -2.39. The summed E-state index contributed by atoms with van der Waals surface area (Å²) in [6, 6.07) is 0.657. The average Bonchev–Trinajstić information content (AvgIpc) is 2.95. The fraction of sp³-hybridized carbons (Fsp3) is 0.588. The zero-order chi connectivity index (χ0) is 19.1. The number of piperidine rings is 1. The van der Waals surface area contributed by atoms with Crippen LogP contribution in [0.3, 0.4) is 0 Å². The van der Waals surface area contributed by atoms with Gasteiger partial charge in [0.2, 0.25) is 11.9 Å². The van der Waals surface area contributed by atoms with Crippen LogP contribution in [0.5, 0.6) is 0 Å². The van der Waals surface area contributed by atoms with Gasteiger partial charge in [0, 0.05) is 32.3 Å². The number of aromatic nitrogens is 2. The Morgan fingerprint density at radius 3 is 2.35 bits per heavy atom. The number of anilines is 1. The maximum absolute atomic E-state index is 11.8. The molecule has 3 rings (SSSR count). The molecule has 0 unspecified atom stereocenters. The molecule has 3 heterocycles. The van der Waals surface area contributed by atoms with Crippen molar-refractivity contribution in [2.24, 2.45) is 5.41 Å². The lowest BCUT2D eigenvalue weighted by Crippen LogP contribution is -2.43.